The number of hydrogen-bond donors (Lipinski definition) is 2. The molecule has 50 valence electrons. The van der Waals surface area contributed by atoms with E-state index in [0.717, 1.165) is 5.92 Å². The summed E-state index contributed by atoms with van der Waals surface area (Å²) in [5, 5.41) is 0. The Morgan fingerprint density at radius 1 is 1.50 bits per heavy atom. The van der Waals surface area contributed by atoms with Gasteiger partial charge in [0.15, 0.2) is 0 Å². The molecule has 0 aliphatic carbocycles. The fraction of sp³-hybridized carbons (Fsp3) is 1.00. The van der Waals surface area contributed by atoms with Crippen molar-refractivity contribution in [2.24, 2.45) is 5.92 Å². The van der Waals surface area contributed by atoms with Crippen molar-refractivity contribution in [1.29, 1.82) is 0 Å². The summed E-state index contributed by atoms with van der Waals surface area (Å²) in [6.45, 7) is 6.54. The highest BCUT2D eigenvalue weighted by Crippen LogP contribution is 2.06. The Balaban J connectivity index is 3.29. The van der Waals surface area contributed by atoms with Crippen LogP contribution in [-0.4, -0.2) is 6.04 Å². The summed E-state index contributed by atoms with van der Waals surface area (Å²) in [6, 6.07) is 0.531. The minimum absolute atomic E-state index is 0.531. The molecule has 2 unspecified atom stereocenters. The first-order valence-corrected chi connectivity index (χ1v) is 3.56. The smallest absolute Gasteiger partial charge is 0.0166 e. The van der Waals surface area contributed by atoms with Gasteiger partial charge in [0.1, 0.15) is 0 Å². The molecule has 0 aromatic heterocycles. The Morgan fingerprint density at radius 3 is 2.12 bits per heavy atom. The van der Waals surface area contributed by atoms with Crippen LogP contribution in [0.5, 0.6) is 0 Å². The third kappa shape index (κ3) is 2.58. The van der Waals surface area contributed by atoms with Crippen molar-refractivity contribution >= 4 is 12.8 Å². The summed E-state index contributed by atoms with van der Waals surface area (Å²) in [6.07, 6.45) is 1.22. The molecule has 1 nitrogen and oxygen atoms in total. The molecule has 0 saturated heterocycles. The van der Waals surface area contributed by atoms with Gasteiger partial charge in [-0.3, -0.25) is 4.72 Å². The molecule has 0 radical (unpaired) electrons. The van der Waals surface area contributed by atoms with Gasteiger partial charge in [0.2, 0.25) is 0 Å². The van der Waals surface area contributed by atoms with Crippen LogP contribution in [0, 0.1) is 5.92 Å². The topological polar surface area (TPSA) is 12.0 Å². The third-order valence-electron chi connectivity index (χ3n) is 1.70. The highest BCUT2D eigenvalue weighted by molar-refractivity contribution is 7.78. The Bertz CT molecular complexity index is 48.5. The van der Waals surface area contributed by atoms with Crippen LogP contribution in [-0.2, 0) is 0 Å². The molecule has 0 aliphatic rings. The lowest BCUT2D eigenvalue weighted by Crippen LogP contribution is -2.24. The van der Waals surface area contributed by atoms with E-state index in [4.69, 9.17) is 0 Å². The van der Waals surface area contributed by atoms with Gasteiger partial charge in [0.05, 0.1) is 0 Å². The van der Waals surface area contributed by atoms with Crippen LogP contribution >= 0.6 is 12.8 Å². The Hall–Kier alpha value is 0.310. The molecule has 0 fully saturated rings. The lowest BCUT2D eigenvalue weighted by molar-refractivity contribution is 0.450. The van der Waals surface area contributed by atoms with Crippen LogP contribution < -0.4 is 4.72 Å². The molecule has 1 N–H and O–H groups in total. The lowest BCUT2D eigenvalue weighted by atomic mass is 10.0. The van der Waals surface area contributed by atoms with Crippen molar-refractivity contribution in [1.82, 2.24) is 4.72 Å². The van der Waals surface area contributed by atoms with Gasteiger partial charge in [0.25, 0.3) is 0 Å². The Labute approximate surface area is 57.4 Å². The summed E-state index contributed by atoms with van der Waals surface area (Å²) in [4.78, 5) is 0. The van der Waals surface area contributed by atoms with Gasteiger partial charge in [-0.1, -0.05) is 33.1 Å². The molecular weight excluding hydrogens is 118 g/mol. The maximum absolute atomic E-state index is 3.96. The zero-order chi connectivity index (χ0) is 6.57. The second-order valence-corrected chi connectivity index (χ2v) is 2.56. The Morgan fingerprint density at radius 2 is 2.00 bits per heavy atom. The highest BCUT2D eigenvalue weighted by atomic mass is 32.1. The van der Waals surface area contributed by atoms with Crippen LogP contribution in [0.4, 0.5) is 0 Å². The summed E-state index contributed by atoms with van der Waals surface area (Å²) in [7, 11) is 0. The van der Waals surface area contributed by atoms with Crippen molar-refractivity contribution in [2.75, 3.05) is 0 Å². The molecule has 0 saturated carbocycles. The van der Waals surface area contributed by atoms with E-state index >= 15 is 0 Å². The van der Waals surface area contributed by atoms with Crippen molar-refractivity contribution in [3.05, 3.63) is 0 Å². The van der Waals surface area contributed by atoms with Gasteiger partial charge in [-0.15, -0.1) is 0 Å². The fourth-order valence-electron chi connectivity index (χ4n) is 0.481. The maximum atomic E-state index is 3.96. The quantitative estimate of drug-likeness (QED) is 0.560. The van der Waals surface area contributed by atoms with Gasteiger partial charge in [0, 0.05) is 6.04 Å². The van der Waals surface area contributed by atoms with E-state index in [9.17, 15) is 0 Å². The molecule has 8 heavy (non-hydrogen) atoms. The second-order valence-electron chi connectivity index (χ2n) is 2.30. The van der Waals surface area contributed by atoms with Crippen molar-refractivity contribution < 1.29 is 0 Å². The standard InChI is InChI=1S/C6H15NS/c1-4-5(2)6(3)7-8/h5-8H,4H2,1-3H3. The first-order chi connectivity index (χ1) is 3.72. The van der Waals surface area contributed by atoms with E-state index in [1.165, 1.54) is 6.42 Å². The van der Waals surface area contributed by atoms with Gasteiger partial charge < -0.3 is 0 Å². The monoisotopic (exact) mass is 133 g/mol. The molecule has 0 rings (SSSR count). The van der Waals surface area contributed by atoms with Gasteiger partial charge >= 0.3 is 0 Å². The van der Waals surface area contributed by atoms with Crippen LogP contribution in [0.15, 0.2) is 0 Å². The number of thiol groups is 1. The molecule has 2 heteroatoms. The van der Waals surface area contributed by atoms with E-state index in [-0.39, 0.29) is 0 Å². The Kier molecular flexibility index (Phi) is 4.38. The van der Waals surface area contributed by atoms with Gasteiger partial charge in [-0.05, 0) is 12.8 Å². The first-order valence-electron chi connectivity index (χ1n) is 3.12. The molecular formula is C6H15NS. The third-order valence-corrected chi connectivity index (χ3v) is 2.11. The maximum Gasteiger partial charge on any atom is 0.0166 e. The fourth-order valence-corrected chi connectivity index (χ4v) is 0.735. The van der Waals surface area contributed by atoms with Crippen LogP contribution in [0.2, 0.25) is 0 Å². The predicted octanol–water partition coefficient (Wildman–Crippen LogP) is 1.86. The van der Waals surface area contributed by atoms with Crippen LogP contribution in [0.1, 0.15) is 27.2 Å². The van der Waals surface area contributed by atoms with Gasteiger partial charge in [-0.25, -0.2) is 0 Å². The van der Waals surface area contributed by atoms with Crippen molar-refractivity contribution in [3.63, 3.8) is 0 Å². The first kappa shape index (κ1) is 8.31. The number of rotatable bonds is 3. The largest absolute Gasteiger partial charge is 0.264 e. The average molecular weight is 133 g/mol. The lowest BCUT2D eigenvalue weighted by Gasteiger charge is -2.15. The zero-order valence-corrected chi connectivity index (χ0v) is 6.70. The van der Waals surface area contributed by atoms with E-state index in [1.807, 2.05) is 0 Å². The molecule has 0 heterocycles. The summed E-state index contributed by atoms with van der Waals surface area (Å²) in [5.41, 5.74) is 0. The number of nitrogens with one attached hydrogen (secondary N) is 1. The van der Waals surface area contributed by atoms with E-state index in [1.54, 1.807) is 0 Å². The second kappa shape index (κ2) is 4.21. The summed E-state index contributed by atoms with van der Waals surface area (Å²) < 4.78 is 2.91. The van der Waals surface area contributed by atoms with Crippen LogP contribution in [0.3, 0.4) is 0 Å². The molecule has 0 amide bonds. The van der Waals surface area contributed by atoms with E-state index < -0.39 is 0 Å². The minimum atomic E-state index is 0.531. The summed E-state index contributed by atoms with van der Waals surface area (Å²) >= 11 is 3.96. The molecule has 0 bridgehead atoms. The van der Waals surface area contributed by atoms with E-state index in [2.05, 4.69) is 38.3 Å². The minimum Gasteiger partial charge on any atom is -0.264 e. The summed E-state index contributed by atoms with van der Waals surface area (Å²) in [5.74, 6) is 0.729. The molecule has 0 aliphatic heterocycles. The van der Waals surface area contributed by atoms with Crippen molar-refractivity contribution in [2.45, 2.75) is 33.2 Å². The molecule has 0 aromatic rings. The SMILES string of the molecule is CCC(C)C(C)NS. The van der Waals surface area contributed by atoms with Gasteiger partial charge in [-0.2, -0.15) is 0 Å². The highest BCUT2D eigenvalue weighted by Gasteiger charge is 2.05. The normalized spacial score (nSPS) is 18.0. The molecule has 0 aromatic carbocycles. The number of hydrogen-bond acceptors (Lipinski definition) is 2. The molecule has 2 atom stereocenters. The van der Waals surface area contributed by atoms with Crippen LogP contribution in [0.25, 0.3) is 0 Å². The zero-order valence-electron chi connectivity index (χ0n) is 5.81. The van der Waals surface area contributed by atoms with E-state index in [0.29, 0.717) is 6.04 Å². The van der Waals surface area contributed by atoms with Crippen molar-refractivity contribution in [3.8, 4) is 0 Å². The average Bonchev–Trinajstić information content (AvgIpc) is 1.84. The molecule has 0 spiro atoms. The predicted molar refractivity (Wildman–Crippen MR) is 41.0 cm³/mol.